The number of carbonyl (C=O) groups is 1. The molecular weight excluding hydrogens is 452 g/mol. The molecule has 0 saturated carbocycles. The van der Waals surface area contributed by atoms with Gasteiger partial charge in [0.1, 0.15) is 5.01 Å². The summed E-state index contributed by atoms with van der Waals surface area (Å²) in [5.74, 6) is -0.0478. The number of carbonyl (C=O) groups excluding carboxylic acids is 1. The zero-order valence-electron chi connectivity index (χ0n) is 20.0. The van der Waals surface area contributed by atoms with E-state index in [1.807, 2.05) is 23.6 Å². The number of nitrogens with zero attached hydrogens (tertiary/aromatic N) is 3. The van der Waals surface area contributed by atoms with Crippen LogP contribution in [0.25, 0.3) is 10.6 Å². The first kappa shape index (κ1) is 23.3. The Morgan fingerprint density at radius 2 is 1.71 bits per heavy atom. The third-order valence-electron chi connectivity index (χ3n) is 6.30. The Labute approximate surface area is 211 Å². The van der Waals surface area contributed by atoms with Gasteiger partial charge in [-0.05, 0) is 42.8 Å². The van der Waals surface area contributed by atoms with Crippen molar-refractivity contribution in [1.29, 1.82) is 0 Å². The van der Waals surface area contributed by atoms with Gasteiger partial charge in [-0.3, -0.25) is 9.69 Å². The standard InChI is InChI=1S/C29H30N4OS/c1-22-6-5-9-24(18-22)29-31-26(21-35-29)19-28(34)30-25-10-12-27(13-11-25)33-16-14-32(15-17-33)20-23-7-3-2-4-8-23/h2-13,18,21H,14-17,19-20H2,1H3,(H,30,34). The van der Waals surface area contributed by atoms with Gasteiger partial charge in [0.25, 0.3) is 0 Å². The quantitative estimate of drug-likeness (QED) is 0.371. The molecule has 2 heterocycles. The predicted octanol–water partition coefficient (Wildman–Crippen LogP) is 5.62. The van der Waals surface area contributed by atoms with Crippen LogP contribution < -0.4 is 10.2 Å². The number of nitrogens with one attached hydrogen (secondary N) is 1. The van der Waals surface area contributed by atoms with Gasteiger partial charge < -0.3 is 10.2 Å². The van der Waals surface area contributed by atoms with E-state index in [9.17, 15) is 4.79 Å². The Bertz CT molecular complexity index is 1260. The van der Waals surface area contributed by atoms with Crippen LogP contribution in [0, 0.1) is 6.92 Å². The van der Waals surface area contributed by atoms with Crippen molar-refractivity contribution < 1.29 is 4.79 Å². The van der Waals surface area contributed by atoms with Gasteiger partial charge in [0.05, 0.1) is 12.1 Å². The molecule has 1 amide bonds. The number of benzene rings is 3. The van der Waals surface area contributed by atoms with Crippen molar-refractivity contribution in [3.05, 3.63) is 101 Å². The number of thiazole rings is 1. The molecule has 1 N–H and O–H groups in total. The number of rotatable bonds is 7. The van der Waals surface area contributed by atoms with E-state index in [2.05, 4.69) is 87.7 Å². The summed E-state index contributed by atoms with van der Waals surface area (Å²) < 4.78 is 0. The molecule has 6 heteroatoms. The Morgan fingerprint density at radius 1 is 0.943 bits per heavy atom. The van der Waals surface area contributed by atoms with E-state index in [1.54, 1.807) is 11.3 Å². The molecule has 3 aromatic carbocycles. The molecule has 0 aliphatic carbocycles. The van der Waals surface area contributed by atoms with Crippen molar-refractivity contribution in [2.75, 3.05) is 36.4 Å². The van der Waals surface area contributed by atoms with Crippen molar-refractivity contribution >= 4 is 28.6 Å². The van der Waals surface area contributed by atoms with E-state index < -0.39 is 0 Å². The van der Waals surface area contributed by atoms with E-state index in [0.717, 1.165) is 54.7 Å². The van der Waals surface area contributed by atoms with Crippen molar-refractivity contribution in [3.63, 3.8) is 0 Å². The SMILES string of the molecule is Cc1cccc(-c2nc(CC(=O)Nc3ccc(N4CCN(Cc5ccccc5)CC4)cc3)cs2)c1. The molecule has 0 atom stereocenters. The topological polar surface area (TPSA) is 48.5 Å². The summed E-state index contributed by atoms with van der Waals surface area (Å²) in [6.45, 7) is 7.18. The summed E-state index contributed by atoms with van der Waals surface area (Å²) in [7, 11) is 0. The smallest absolute Gasteiger partial charge is 0.230 e. The molecule has 1 aliphatic heterocycles. The van der Waals surface area contributed by atoms with E-state index in [0.29, 0.717) is 0 Å². The molecule has 1 saturated heterocycles. The maximum absolute atomic E-state index is 12.6. The first-order valence-electron chi connectivity index (χ1n) is 12.0. The lowest BCUT2D eigenvalue weighted by Crippen LogP contribution is -2.45. The highest BCUT2D eigenvalue weighted by molar-refractivity contribution is 7.13. The lowest BCUT2D eigenvalue weighted by molar-refractivity contribution is -0.115. The molecule has 1 aliphatic rings. The van der Waals surface area contributed by atoms with Gasteiger partial charge in [0, 0.05) is 55.0 Å². The van der Waals surface area contributed by atoms with E-state index in [1.165, 1.54) is 16.8 Å². The van der Waals surface area contributed by atoms with Gasteiger partial charge in [-0.2, -0.15) is 0 Å². The van der Waals surface area contributed by atoms with Crippen molar-refractivity contribution in [2.45, 2.75) is 19.9 Å². The second-order valence-corrected chi connectivity index (χ2v) is 9.89. The molecule has 0 unspecified atom stereocenters. The summed E-state index contributed by atoms with van der Waals surface area (Å²) in [5, 5.41) is 5.93. The summed E-state index contributed by atoms with van der Waals surface area (Å²) in [4.78, 5) is 22.2. The van der Waals surface area contributed by atoms with E-state index >= 15 is 0 Å². The first-order valence-corrected chi connectivity index (χ1v) is 12.9. The lowest BCUT2D eigenvalue weighted by atomic mass is 10.1. The Balaban J connectivity index is 1.11. The zero-order chi connectivity index (χ0) is 24.0. The number of piperazine rings is 1. The second kappa shape index (κ2) is 10.8. The molecule has 35 heavy (non-hydrogen) atoms. The summed E-state index contributed by atoms with van der Waals surface area (Å²) in [5.41, 5.74) is 6.48. The molecule has 5 rings (SSSR count). The van der Waals surface area contributed by atoms with Gasteiger partial charge in [-0.25, -0.2) is 4.98 Å². The molecule has 178 valence electrons. The van der Waals surface area contributed by atoms with Crippen molar-refractivity contribution in [3.8, 4) is 10.6 Å². The molecule has 0 radical (unpaired) electrons. The van der Waals surface area contributed by atoms with Crippen molar-refractivity contribution in [1.82, 2.24) is 9.88 Å². The number of amides is 1. The first-order chi connectivity index (χ1) is 17.1. The van der Waals surface area contributed by atoms with E-state index in [-0.39, 0.29) is 12.3 Å². The molecule has 1 fully saturated rings. The number of hydrogen-bond donors (Lipinski definition) is 1. The molecule has 0 spiro atoms. The Hall–Kier alpha value is -3.48. The number of anilines is 2. The number of aryl methyl sites for hydroxylation is 1. The van der Waals surface area contributed by atoms with Crippen LogP contribution in [0.1, 0.15) is 16.8 Å². The van der Waals surface area contributed by atoms with E-state index in [4.69, 9.17) is 0 Å². The number of aromatic nitrogens is 1. The fraction of sp³-hybridized carbons (Fsp3) is 0.241. The third kappa shape index (κ3) is 6.15. The minimum absolute atomic E-state index is 0.0478. The third-order valence-corrected chi connectivity index (χ3v) is 7.24. The van der Waals surface area contributed by atoms with Crippen LogP contribution in [-0.2, 0) is 17.8 Å². The highest BCUT2D eigenvalue weighted by Gasteiger charge is 2.17. The van der Waals surface area contributed by atoms with Crippen LogP contribution in [0.2, 0.25) is 0 Å². The van der Waals surface area contributed by atoms with Crippen LogP contribution in [-0.4, -0.2) is 42.0 Å². The van der Waals surface area contributed by atoms with Gasteiger partial charge in [-0.1, -0.05) is 54.1 Å². The molecule has 5 nitrogen and oxygen atoms in total. The van der Waals surface area contributed by atoms with Crippen LogP contribution >= 0.6 is 11.3 Å². The summed E-state index contributed by atoms with van der Waals surface area (Å²) in [6, 6.07) is 27.1. The average Bonchev–Trinajstić information content (AvgIpc) is 3.34. The van der Waals surface area contributed by atoms with Crippen LogP contribution in [0.15, 0.2) is 84.2 Å². The predicted molar refractivity (Wildman–Crippen MR) is 145 cm³/mol. The van der Waals surface area contributed by atoms with Crippen LogP contribution in [0.3, 0.4) is 0 Å². The zero-order valence-corrected chi connectivity index (χ0v) is 20.8. The maximum Gasteiger partial charge on any atom is 0.230 e. The summed E-state index contributed by atoms with van der Waals surface area (Å²) >= 11 is 1.58. The van der Waals surface area contributed by atoms with Crippen LogP contribution in [0.4, 0.5) is 11.4 Å². The highest BCUT2D eigenvalue weighted by Crippen LogP contribution is 2.25. The molecular formula is C29H30N4OS. The minimum Gasteiger partial charge on any atom is -0.369 e. The summed E-state index contributed by atoms with van der Waals surface area (Å²) in [6.07, 6.45) is 0.271. The molecule has 4 aromatic rings. The molecule has 0 bridgehead atoms. The fourth-order valence-electron chi connectivity index (χ4n) is 4.43. The fourth-order valence-corrected chi connectivity index (χ4v) is 5.25. The molecule has 1 aromatic heterocycles. The minimum atomic E-state index is -0.0478. The largest absolute Gasteiger partial charge is 0.369 e. The highest BCUT2D eigenvalue weighted by atomic mass is 32.1. The van der Waals surface area contributed by atoms with Gasteiger partial charge in [0.15, 0.2) is 0 Å². The maximum atomic E-state index is 12.6. The van der Waals surface area contributed by atoms with Crippen LogP contribution in [0.5, 0.6) is 0 Å². The van der Waals surface area contributed by atoms with Crippen molar-refractivity contribution in [2.24, 2.45) is 0 Å². The normalized spacial score (nSPS) is 14.1. The Kier molecular flexibility index (Phi) is 7.21. The Morgan fingerprint density at radius 3 is 2.46 bits per heavy atom. The van der Waals surface area contributed by atoms with Gasteiger partial charge in [-0.15, -0.1) is 11.3 Å². The lowest BCUT2D eigenvalue weighted by Gasteiger charge is -2.36. The van der Waals surface area contributed by atoms with Gasteiger partial charge in [0.2, 0.25) is 5.91 Å². The monoisotopic (exact) mass is 482 g/mol. The average molecular weight is 483 g/mol. The van der Waals surface area contributed by atoms with Gasteiger partial charge >= 0.3 is 0 Å². The second-order valence-electron chi connectivity index (χ2n) is 9.03. The number of hydrogen-bond acceptors (Lipinski definition) is 5.